The minimum absolute atomic E-state index is 0.251. The number of carbonyl (C=O) groups is 2. The van der Waals surface area contributed by atoms with E-state index in [-0.39, 0.29) is 11.1 Å². The Balaban J connectivity index is 1.14. The molecule has 0 spiro atoms. The van der Waals surface area contributed by atoms with E-state index in [0.717, 1.165) is 76.1 Å². The van der Waals surface area contributed by atoms with Gasteiger partial charge in [-0.15, -0.1) is 0 Å². The molecule has 1 aliphatic heterocycles. The number of nitrogens with one attached hydrogen (secondary N) is 2. The molecular formula is C30H41ClN6O4. The largest absolute Gasteiger partial charge is 0.480 e. The molecule has 10 nitrogen and oxygen atoms in total. The van der Waals surface area contributed by atoms with E-state index in [1.165, 1.54) is 11.9 Å². The van der Waals surface area contributed by atoms with Gasteiger partial charge in [0.1, 0.15) is 23.3 Å². The molecule has 2 aliphatic carbocycles. The van der Waals surface area contributed by atoms with Crippen LogP contribution in [0, 0.1) is 6.92 Å². The number of hydrogen-bond acceptors (Lipinski definition) is 8. The molecule has 2 saturated carbocycles. The van der Waals surface area contributed by atoms with E-state index in [1.807, 2.05) is 0 Å². The zero-order valence-electron chi connectivity index (χ0n) is 23.8. The summed E-state index contributed by atoms with van der Waals surface area (Å²) in [5.41, 5.74) is 2.79. The maximum atomic E-state index is 13.3. The number of carboxylic acid groups (broad SMARTS) is 1. The topological polar surface area (TPSA) is 130 Å². The summed E-state index contributed by atoms with van der Waals surface area (Å²) >= 11 is 6.33. The molecule has 3 heterocycles. The summed E-state index contributed by atoms with van der Waals surface area (Å²) in [5, 5.41) is 16.4. The number of hydrogen-bond donors (Lipinski definition) is 3. The lowest BCUT2D eigenvalue weighted by Crippen LogP contribution is -2.47. The summed E-state index contributed by atoms with van der Waals surface area (Å²) < 4.78 is 5.89. The number of rotatable bonds is 16. The summed E-state index contributed by atoms with van der Waals surface area (Å²) in [6.45, 7) is 5.52. The molecule has 2 fully saturated rings. The molecule has 0 saturated heterocycles. The third-order valence-corrected chi connectivity index (χ3v) is 8.67. The Morgan fingerprint density at radius 1 is 1.22 bits per heavy atom. The van der Waals surface area contributed by atoms with Crippen LogP contribution in [0.4, 0.5) is 5.82 Å². The van der Waals surface area contributed by atoms with E-state index in [0.29, 0.717) is 49.8 Å². The maximum Gasteiger partial charge on any atom is 0.326 e. The fourth-order valence-electron chi connectivity index (χ4n) is 5.64. The van der Waals surface area contributed by atoms with Crippen LogP contribution in [0.3, 0.4) is 0 Å². The summed E-state index contributed by atoms with van der Waals surface area (Å²) in [4.78, 5) is 40.8. The SMILES string of the molecule is Cc1ncnc(Cl)c1C1(C(=O)NC(CCN(CCCCc2ccc3c(n2)NCCC3)CCOC2CC2)C(=O)O)CC1. The van der Waals surface area contributed by atoms with Crippen molar-refractivity contribution < 1.29 is 19.4 Å². The number of fused-ring (bicyclic) bond motifs is 1. The molecule has 1 atom stereocenters. The van der Waals surface area contributed by atoms with Gasteiger partial charge in [0.2, 0.25) is 5.91 Å². The van der Waals surface area contributed by atoms with Crippen molar-refractivity contribution in [2.24, 2.45) is 0 Å². The van der Waals surface area contributed by atoms with Crippen LogP contribution in [0.25, 0.3) is 0 Å². The highest BCUT2D eigenvalue weighted by Gasteiger charge is 2.54. The van der Waals surface area contributed by atoms with Crippen LogP contribution in [-0.4, -0.2) is 81.8 Å². The standard InChI is InChI=1S/C30H41ClN6O4/c1-20-25(26(31)34-19-33-20)30(12-13-30)29(40)36-24(28(38)39)11-16-37(17-18-41-23-9-10-23)15-3-2-6-22-8-7-21-5-4-14-32-27(21)35-22/h7-8,19,23-24H,2-6,9-18H2,1H3,(H,32,35)(H,36,40)(H,38,39). The second-order valence-corrected chi connectivity index (χ2v) is 11.9. The predicted octanol–water partition coefficient (Wildman–Crippen LogP) is 3.69. The van der Waals surface area contributed by atoms with Gasteiger partial charge in [0.05, 0.1) is 18.1 Å². The molecule has 3 aliphatic rings. The Morgan fingerprint density at radius 3 is 2.78 bits per heavy atom. The number of aliphatic carboxylic acids is 1. The first-order valence-electron chi connectivity index (χ1n) is 14.9. The third-order valence-electron chi connectivity index (χ3n) is 8.39. The number of aromatic nitrogens is 3. The summed E-state index contributed by atoms with van der Waals surface area (Å²) in [5.74, 6) is -0.331. The van der Waals surface area contributed by atoms with E-state index >= 15 is 0 Å². The van der Waals surface area contributed by atoms with Gasteiger partial charge in [0, 0.05) is 36.6 Å². The minimum atomic E-state index is -1.04. The van der Waals surface area contributed by atoms with Gasteiger partial charge in [-0.3, -0.25) is 4.79 Å². The number of carbonyl (C=O) groups excluding carboxylic acids is 1. The first-order chi connectivity index (χ1) is 19.9. The Labute approximate surface area is 246 Å². The Bertz CT molecular complexity index is 1220. The molecular weight excluding hydrogens is 544 g/mol. The highest BCUT2D eigenvalue weighted by atomic mass is 35.5. The van der Waals surface area contributed by atoms with Gasteiger partial charge in [-0.1, -0.05) is 17.7 Å². The number of anilines is 1. The average Bonchev–Trinajstić information content (AvgIpc) is 3.89. The number of halogens is 1. The van der Waals surface area contributed by atoms with Gasteiger partial charge >= 0.3 is 5.97 Å². The second kappa shape index (κ2) is 13.4. The van der Waals surface area contributed by atoms with Crippen LogP contribution >= 0.6 is 11.6 Å². The summed E-state index contributed by atoms with van der Waals surface area (Å²) in [6.07, 6.45) is 10.6. The molecule has 11 heteroatoms. The highest BCUT2D eigenvalue weighted by Crippen LogP contribution is 2.51. The second-order valence-electron chi connectivity index (χ2n) is 11.6. The average molecular weight is 585 g/mol. The van der Waals surface area contributed by atoms with Crippen molar-refractivity contribution in [3.8, 4) is 0 Å². The highest BCUT2D eigenvalue weighted by molar-refractivity contribution is 6.30. The summed E-state index contributed by atoms with van der Waals surface area (Å²) in [7, 11) is 0. The van der Waals surface area contributed by atoms with E-state index < -0.39 is 17.4 Å². The van der Waals surface area contributed by atoms with Crippen molar-refractivity contribution in [2.45, 2.75) is 88.7 Å². The molecule has 222 valence electrons. The minimum Gasteiger partial charge on any atom is -0.480 e. The number of amides is 1. The monoisotopic (exact) mass is 584 g/mol. The van der Waals surface area contributed by atoms with Crippen molar-refractivity contribution in [1.82, 2.24) is 25.2 Å². The first kappa shape index (κ1) is 29.7. The molecule has 2 aromatic heterocycles. The fourth-order valence-corrected chi connectivity index (χ4v) is 6.00. The zero-order valence-corrected chi connectivity index (χ0v) is 24.6. The molecule has 1 unspecified atom stereocenters. The predicted molar refractivity (Wildman–Crippen MR) is 156 cm³/mol. The van der Waals surface area contributed by atoms with Crippen LogP contribution in [0.15, 0.2) is 18.5 Å². The Morgan fingerprint density at radius 2 is 2.05 bits per heavy atom. The van der Waals surface area contributed by atoms with E-state index in [9.17, 15) is 14.7 Å². The smallest absolute Gasteiger partial charge is 0.326 e. The van der Waals surface area contributed by atoms with Crippen molar-refractivity contribution in [1.29, 1.82) is 0 Å². The maximum absolute atomic E-state index is 13.3. The van der Waals surface area contributed by atoms with Crippen molar-refractivity contribution in [3.63, 3.8) is 0 Å². The van der Waals surface area contributed by atoms with Gasteiger partial charge in [-0.05, 0) is 89.3 Å². The molecule has 2 aromatic rings. The molecule has 0 radical (unpaired) electrons. The van der Waals surface area contributed by atoms with E-state index in [1.54, 1.807) is 6.92 Å². The number of aryl methyl sites for hydroxylation is 3. The van der Waals surface area contributed by atoms with Gasteiger partial charge in [0.25, 0.3) is 0 Å². The number of ether oxygens (including phenoxy) is 1. The molecule has 5 rings (SSSR count). The molecule has 0 bridgehead atoms. The number of carboxylic acids is 1. The van der Waals surface area contributed by atoms with Gasteiger partial charge < -0.3 is 25.4 Å². The van der Waals surface area contributed by atoms with Gasteiger partial charge in [-0.2, -0.15) is 0 Å². The van der Waals surface area contributed by atoms with Gasteiger partial charge in [-0.25, -0.2) is 19.7 Å². The fraction of sp³-hybridized carbons (Fsp3) is 0.633. The van der Waals surface area contributed by atoms with Crippen LogP contribution in [0.5, 0.6) is 0 Å². The van der Waals surface area contributed by atoms with Crippen LogP contribution < -0.4 is 10.6 Å². The molecule has 0 aromatic carbocycles. The molecule has 3 N–H and O–H groups in total. The number of pyridine rings is 1. The van der Waals surface area contributed by atoms with Crippen LogP contribution in [-0.2, 0) is 32.6 Å². The zero-order chi connectivity index (χ0) is 28.8. The number of nitrogens with zero attached hydrogens (tertiary/aromatic N) is 4. The van der Waals surface area contributed by atoms with Gasteiger partial charge in [0.15, 0.2) is 0 Å². The lowest BCUT2D eigenvalue weighted by atomic mass is 9.94. The van der Waals surface area contributed by atoms with E-state index in [2.05, 4.69) is 37.6 Å². The lowest BCUT2D eigenvalue weighted by molar-refractivity contribution is -0.142. The quantitative estimate of drug-likeness (QED) is 0.200. The Kier molecular flexibility index (Phi) is 9.72. The summed E-state index contributed by atoms with van der Waals surface area (Å²) in [6, 6.07) is 3.33. The number of unbranched alkanes of at least 4 members (excludes halogenated alkanes) is 1. The Hall–Kier alpha value is -2.82. The molecule has 41 heavy (non-hydrogen) atoms. The van der Waals surface area contributed by atoms with Crippen molar-refractivity contribution in [2.75, 3.05) is 38.1 Å². The van der Waals surface area contributed by atoms with Crippen molar-refractivity contribution >= 4 is 29.3 Å². The van der Waals surface area contributed by atoms with Crippen molar-refractivity contribution in [3.05, 3.63) is 46.1 Å². The first-order valence-corrected chi connectivity index (χ1v) is 15.3. The van der Waals surface area contributed by atoms with E-state index in [4.69, 9.17) is 21.3 Å². The van der Waals surface area contributed by atoms with Crippen LogP contribution in [0.2, 0.25) is 5.15 Å². The van der Waals surface area contributed by atoms with Crippen LogP contribution in [0.1, 0.15) is 73.9 Å². The third kappa shape index (κ3) is 7.72. The molecule has 1 amide bonds. The normalized spacial score (nSPS) is 17.9. The lowest BCUT2D eigenvalue weighted by Gasteiger charge is -2.26.